The zero-order chi connectivity index (χ0) is 28.1. The Kier molecular flexibility index (Phi) is 18.8. The number of nitrogens with two attached hydrogens (primary N) is 1. The predicted octanol–water partition coefficient (Wildman–Crippen LogP) is 1.97. The number of hydrogen-bond acceptors (Lipinski definition) is 5. The smallest absolute Gasteiger partial charge is 0.512 e. The summed E-state index contributed by atoms with van der Waals surface area (Å²) in [5.41, 5.74) is 9.55. The van der Waals surface area contributed by atoms with Crippen LogP contribution in [0.5, 0.6) is 0 Å². The van der Waals surface area contributed by atoms with Gasteiger partial charge >= 0.3 is 29.6 Å². The molecule has 2 heterocycles. The standard InChI is InChI=1S/C15H19NO.C10H9NO.C4H9NO.CN.B.Na/c1-11(12(2)17)8-9-13-10-16(3)15-7-5-4-6-14(13)15;1-11-6-8(7-12)9-4-2-3-5-10(9)11;1-3(5)4(2)6;1-2;;/h4-7,10-11H,8-9H2,1-3H3;2-7H,1H3;3H,5H2,1-2H3;;;/q;;;-1;;+1. The Bertz CT molecular complexity index is 1360. The van der Waals surface area contributed by atoms with Crippen LogP contribution in [0.3, 0.4) is 0 Å². The van der Waals surface area contributed by atoms with E-state index < -0.39 is 0 Å². The van der Waals surface area contributed by atoms with Gasteiger partial charge in [-0.15, -0.1) is 0 Å². The molecule has 2 aromatic carbocycles. The average Bonchev–Trinajstić information content (AvgIpc) is 3.40. The van der Waals surface area contributed by atoms with Crippen LogP contribution >= 0.6 is 0 Å². The Labute approximate surface area is 256 Å². The molecular weight excluding hydrogens is 498 g/mol. The molecule has 0 saturated carbocycles. The van der Waals surface area contributed by atoms with Gasteiger partial charge in [0.2, 0.25) is 0 Å². The molecule has 0 aliphatic heterocycles. The summed E-state index contributed by atoms with van der Waals surface area (Å²) < 4.78 is 4.11. The fourth-order valence-corrected chi connectivity index (χ4v) is 3.67. The number of hydrogen-bond donors (Lipinski definition) is 1. The first kappa shape index (κ1) is 38.2. The number of aldehydes is 1. The molecule has 7 nitrogen and oxygen atoms in total. The van der Waals surface area contributed by atoms with Gasteiger partial charge in [-0.3, -0.25) is 14.4 Å². The number of para-hydroxylation sites is 2. The predicted molar refractivity (Wildman–Crippen MR) is 154 cm³/mol. The number of aryl methyl sites for hydroxylation is 3. The fraction of sp³-hybridized carbons (Fsp3) is 0.333. The first-order valence-electron chi connectivity index (χ1n) is 12.1. The van der Waals surface area contributed by atoms with Crippen molar-refractivity contribution >= 4 is 48.1 Å². The van der Waals surface area contributed by atoms with Crippen LogP contribution in [0.25, 0.3) is 21.8 Å². The summed E-state index contributed by atoms with van der Waals surface area (Å²) >= 11 is 0. The van der Waals surface area contributed by atoms with Crippen molar-refractivity contribution in [3.8, 4) is 0 Å². The van der Waals surface area contributed by atoms with E-state index in [9.17, 15) is 14.4 Å². The second-order valence-electron chi connectivity index (χ2n) is 9.06. The van der Waals surface area contributed by atoms with E-state index >= 15 is 0 Å². The quantitative estimate of drug-likeness (QED) is 0.231. The number of ketones is 2. The number of nitrogens with zero attached hydrogens (tertiary/aromatic N) is 3. The number of fused-ring (bicyclic) bond motifs is 2. The van der Waals surface area contributed by atoms with Gasteiger partial charge in [0.25, 0.3) is 0 Å². The van der Waals surface area contributed by atoms with Crippen molar-refractivity contribution in [2.24, 2.45) is 25.7 Å². The molecule has 2 N–H and O–H groups in total. The monoisotopic (exact) mass is 535 g/mol. The SMILES string of the molecule is CC(=O)C(C)CCc1cn(C)c2ccccc12.CC(=O)C(C)N.Cn1cc(C=O)c2ccccc21.[B].[C-]#N.[Na+]. The summed E-state index contributed by atoms with van der Waals surface area (Å²) in [6.07, 6.45) is 6.82. The molecule has 0 saturated heterocycles. The van der Waals surface area contributed by atoms with Gasteiger partial charge in [-0.05, 0) is 51.3 Å². The molecule has 0 bridgehead atoms. The zero-order valence-corrected chi connectivity index (χ0v) is 26.1. The van der Waals surface area contributed by atoms with Crippen molar-refractivity contribution < 1.29 is 43.9 Å². The molecule has 39 heavy (non-hydrogen) atoms. The minimum Gasteiger partial charge on any atom is -0.512 e. The molecule has 0 fully saturated rings. The molecule has 3 radical (unpaired) electrons. The minimum absolute atomic E-state index is 0. The zero-order valence-electron chi connectivity index (χ0n) is 24.1. The van der Waals surface area contributed by atoms with Crippen molar-refractivity contribution in [3.63, 3.8) is 0 Å². The number of carbonyl (C=O) groups is 3. The van der Waals surface area contributed by atoms with E-state index in [1.54, 1.807) is 13.8 Å². The Morgan fingerprint density at radius 1 is 0.897 bits per heavy atom. The van der Waals surface area contributed by atoms with Gasteiger partial charge in [0, 0.05) is 68.2 Å². The largest absolute Gasteiger partial charge is 1.00 e. The Morgan fingerprint density at radius 3 is 1.79 bits per heavy atom. The summed E-state index contributed by atoms with van der Waals surface area (Å²) in [7, 11) is 4.01. The molecule has 2 atom stereocenters. The van der Waals surface area contributed by atoms with Gasteiger partial charge in [-0.2, -0.15) is 0 Å². The van der Waals surface area contributed by atoms with Crippen molar-refractivity contribution in [2.75, 3.05) is 0 Å². The molecule has 199 valence electrons. The van der Waals surface area contributed by atoms with E-state index in [0.29, 0.717) is 0 Å². The first-order valence-corrected chi connectivity index (χ1v) is 12.1. The molecule has 0 amide bonds. The van der Waals surface area contributed by atoms with E-state index in [0.717, 1.165) is 35.6 Å². The second-order valence-corrected chi connectivity index (χ2v) is 9.06. The van der Waals surface area contributed by atoms with Crippen LogP contribution < -0.4 is 35.3 Å². The maximum Gasteiger partial charge on any atom is 1.00 e. The third kappa shape index (κ3) is 11.4. The summed E-state index contributed by atoms with van der Waals surface area (Å²) in [6, 6.07) is 16.0. The van der Waals surface area contributed by atoms with Gasteiger partial charge in [-0.25, -0.2) is 0 Å². The van der Waals surface area contributed by atoms with Crippen LogP contribution in [0.4, 0.5) is 0 Å². The minimum atomic E-state index is -0.287. The van der Waals surface area contributed by atoms with E-state index in [4.69, 9.17) is 17.6 Å². The van der Waals surface area contributed by atoms with E-state index in [1.807, 2.05) is 49.0 Å². The maximum atomic E-state index is 11.2. The first-order chi connectivity index (χ1) is 17.6. The van der Waals surface area contributed by atoms with Gasteiger partial charge in [0.1, 0.15) is 11.6 Å². The summed E-state index contributed by atoms with van der Waals surface area (Å²) in [6.45, 7) is 11.6. The molecule has 4 aromatic rings. The van der Waals surface area contributed by atoms with Crippen LogP contribution in [0.2, 0.25) is 0 Å². The van der Waals surface area contributed by atoms with Gasteiger partial charge in [0.05, 0.1) is 6.04 Å². The van der Waals surface area contributed by atoms with E-state index in [1.165, 1.54) is 23.4 Å². The van der Waals surface area contributed by atoms with Crippen LogP contribution in [-0.2, 0) is 30.1 Å². The summed E-state index contributed by atoms with van der Waals surface area (Å²) in [4.78, 5) is 31.9. The number of benzene rings is 2. The molecular formula is C30H37BN4NaO3. The third-order valence-corrected chi connectivity index (χ3v) is 6.22. The molecule has 0 aliphatic carbocycles. The van der Waals surface area contributed by atoms with Crippen LogP contribution in [0.15, 0.2) is 60.9 Å². The molecule has 4 rings (SSSR count). The van der Waals surface area contributed by atoms with Crippen molar-refractivity contribution in [3.05, 3.63) is 78.6 Å². The van der Waals surface area contributed by atoms with Crippen molar-refractivity contribution in [1.29, 1.82) is 5.26 Å². The average molecular weight is 535 g/mol. The molecule has 9 heteroatoms. The number of Topliss-reactive ketones (excluding diaryl/α,β-unsaturated/α-hetero) is 2. The summed E-state index contributed by atoms with van der Waals surface area (Å²) in [5, 5.41) is 8.58. The number of aromatic nitrogens is 2. The van der Waals surface area contributed by atoms with Gasteiger partial charge in [0.15, 0.2) is 6.29 Å². The fourth-order valence-electron chi connectivity index (χ4n) is 3.67. The van der Waals surface area contributed by atoms with Gasteiger partial charge < -0.3 is 26.7 Å². The van der Waals surface area contributed by atoms with Crippen molar-refractivity contribution in [1.82, 2.24) is 9.13 Å². The Hall–Kier alpha value is -2.96. The van der Waals surface area contributed by atoms with E-state index in [-0.39, 0.29) is 61.5 Å². The number of rotatable bonds is 6. The van der Waals surface area contributed by atoms with Gasteiger partial charge in [-0.1, -0.05) is 43.3 Å². The van der Waals surface area contributed by atoms with Crippen LogP contribution in [0.1, 0.15) is 50.0 Å². The molecule has 0 aliphatic rings. The summed E-state index contributed by atoms with van der Waals surface area (Å²) in [5.74, 6) is 0.481. The number of carbonyl (C=O) groups excluding carboxylic acids is 3. The normalized spacial score (nSPS) is 11.0. The van der Waals surface area contributed by atoms with Crippen LogP contribution in [-0.4, -0.2) is 41.4 Å². The van der Waals surface area contributed by atoms with E-state index in [2.05, 4.69) is 42.1 Å². The molecule has 2 aromatic heterocycles. The molecule has 2 unspecified atom stereocenters. The van der Waals surface area contributed by atoms with Crippen molar-refractivity contribution in [2.45, 2.75) is 46.6 Å². The third-order valence-electron chi connectivity index (χ3n) is 6.22. The maximum absolute atomic E-state index is 11.2. The molecule has 0 spiro atoms. The Balaban J connectivity index is 0. The Morgan fingerprint density at radius 2 is 1.33 bits per heavy atom. The topological polar surface area (TPSA) is 111 Å². The second kappa shape index (κ2) is 19.2. The van der Waals surface area contributed by atoms with Crippen LogP contribution in [0, 0.1) is 17.8 Å².